The lowest BCUT2D eigenvalue weighted by Gasteiger charge is -2.32. The van der Waals surface area contributed by atoms with Gasteiger partial charge in [-0.2, -0.15) is 0 Å². The minimum absolute atomic E-state index is 0.0832. The zero-order valence-corrected chi connectivity index (χ0v) is 14.3. The molecule has 1 aliphatic rings. The van der Waals surface area contributed by atoms with Gasteiger partial charge < -0.3 is 5.11 Å². The van der Waals surface area contributed by atoms with E-state index < -0.39 is 5.97 Å². The van der Waals surface area contributed by atoms with Crippen LogP contribution in [0.15, 0.2) is 0 Å². The standard InChI is InChI=1S/C16H26N2O2S/c1-11-7-5-6-8-18(11)10-13-17-15(16(2,3)4)12(21-13)9-14(19)20/h11H,5-10H2,1-4H3,(H,19,20). The van der Waals surface area contributed by atoms with E-state index in [1.165, 1.54) is 19.3 Å². The zero-order chi connectivity index (χ0) is 15.6. The Bertz CT molecular complexity index is 505. The number of nitrogens with zero attached hydrogens (tertiary/aromatic N) is 2. The summed E-state index contributed by atoms with van der Waals surface area (Å²) >= 11 is 1.58. The first-order valence-electron chi connectivity index (χ1n) is 7.72. The Labute approximate surface area is 131 Å². The fourth-order valence-electron chi connectivity index (χ4n) is 2.88. The van der Waals surface area contributed by atoms with Crippen LogP contribution < -0.4 is 0 Å². The maximum atomic E-state index is 11.1. The van der Waals surface area contributed by atoms with Gasteiger partial charge in [0, 0.05) is 16.3 Å². The maximum Gasteiger partial charge on any atom is 0.308 e. The lowest BCUT2D eigenvalue weighted by molar-refractivity contribution is -0.136. The third-order valence-electron chi connectivity index (χ3n) is 4.04. The summed E-state index contributed by atoms with van der Waals surface area (Å²) in [6.07, 6.45) is 3.90. The highest BCUT2D eigenvalue weighted by atomic mass is 32.1. The molecule has 0 spiro atoms. The van der Waals surface area contributed by atoms with Crippen molar-refractivity contribution in [1.82, 2.24) is 9.88 Å². The Kier molecular flexibility index (Phi) is 5.04. The molecule has 5 heteroatoms. The number of carboxylic acids is 1. The number of likely N-dealkylation sites (tertiary alicyclic amines) is 1. The summed E-state index contributed by atoms with van der Waals surface area (Å²) in [6.45, 7) is 10.5. The van der Waals surface area contributed by atoms with Crippen molar-refractivity contribution in [3.63, 3.8) is 0 Å². The van der Waals surface area contributed by atoms with Crippen LogP contribution in [0.5, 0.6) is 0 Å². The molecule has 118 valence electrons. The van der Waals surface area contributed by atoms with Crippen LogP contribution in [0.25, 0.3) is 0 Å². The number of hydrogen-bond acceptors (Lipinski definition) is 4. The fourth-order valence-corrected chi connectivity index (χ4v) is 4.17. The average molecular weight is 310 g/mol. The van der Waals surface area contributed by atoms with Crippen molar-refractivity contribution in [1.29, 1.82) is 0 Å². The number of thiazole rings is 1. The summed E-state index contributed by atoms with van der Waals surface area (Å²) < 4.78 is 0. The van der Waals surface area contributed by atoms with Gasteiger partial charge in [0.15, 0.2) is 0 Å². The first-order valence-corrected chi connectivity index (χ1v) is 8.54. The molecule has 2 heterocycles. The van der Waals surface area contributed by atoms with Crippen molar-refractivity contribution in [3.8, 4) is 0 Å². The number of aromatic nitrogens is 1. The number of hydrogen-bond donors (Lipinski definition) is 1. The third-order valence-corrected chi connectivity index (χ3v) is 5.08. The second-order valence-electron chi connectivity index (χ2n) is 7.02. The molecule has 1 unspecified atom stereocenters. The molecular weight excluding hydrogens is 284 g/mol. The SMILES string of the molecule is CC1CCCCN1Cc1nc(C(C)(C)C)c(CC(=O)O)s1. The molecule has 1 saturated heterocycles. The Hall–Kier alpha value is -0.940. The highest BCUT2D eigenvalue weighted by molar-refractivity contribution is 7.11. The molecule has 0 saturated carbocycles. The topological polar surface area (TPSA) is 53.4 Å². The quantitative estimate of drug-likeness (QED) is 0.925. The number of carbonyl (C=O) groups is 1. The van der Waals surface area contributed by atoms with E-state index in [0.29, 0.717) is 6.04 Å². The second-order valence-corrected chi connectivity index (χ2v) is 8.18. The highest BCUT2D eigenvalue weighted by Gasteiger charge is 2.26. The van der Waals surface area contributed by atoms with Crippen LogP contribution in [0.4, 0.5) is 0 Å². The Morgan fingerprint density at radius 3 is 2.71 bits per heavy atom. The Morgan fingerprint density at radius 1 is 1.43 bits per heavy atom. The van der Waals surface area contributed by atoms with E-state index >= 15 is 0 Å². The Morgan fingerprint density at radius 2 is 2.14 bits per heavy atom. The molecule has 1 aliphatic heterocycles. The second kappa shape index (κ2) is 6.44. The molecule has 0 radical (unpaired) electrons. The van der Waals surface area contributed by atoms with Gasteiger partial charge in [-0.3, -0.25) is 9.69 Å². The van der Waals surface area contributed by atoms with Gasteiger partial charge >= 0.3 is 5.97 Å². The van der Waals surface area contributed by atoms with Crippen LogP contribution in [0, 0.1) is 0 Å². The first-order chi connectivity index (χ1) is 9.77. The fraction of sp³-hybridized carbons (Fsp3) is 0.750. The van der Waals surface area contributed by atoms with Gasteiger partial charge in [0.1, 0.15) is 5.01 Å². The summed E-state index contributed by atoms with van der Waals surface area (Å²) in [5, 5.41) is 10.2. The Balaban J connectivity index is 2.20. The van der Waals surface area contributed by atoms with Crippen LogP contribution >= 0.6 is 11.3 Å². The van der Waals surface area contributed by atoms with Crippen LogP contribution in [0.2, 0.25) is 0 Å². The van der Waals surface area contributed by atoms with E-state index in [1.54, 1.807) is 11.3 Å². The smallest absolute Gasteiger partial charge is 0.308 e. The van der Waals surface area contributed by atoms with Crippen molar-refractivity contribution in [3.05, 3.63) is 15.6 Å². The predicted octanol–water partition coefficient (Wildman–Crippen LogP) is 3.44. The molecule has 0 aliphatic carbocycles. The number of carboxylic acid groups (broad SMARTS) is 1. The summed E-state index contributed by atoms with van der Waals surface area (Å²) in [5.74, 6) is -0.776. The van der Waals surface area contributed by atoms with Gasteiger partial charge in [-0.15, -0.1) is 11.3 Å². The molecule has 0 bridgehead atoms. The molecule has 1 fully saturated rings. The number of rotatable bonds is 4. The normalized spacial score (nSPS) is 20.7. The molecule has 21 heavy (non-hydrogen) atoms. The molecule has 4 nitrogen and oxygen atoms in total. The molecule has 0 amide bonds. The van der Waals surface area contributed by atoms with Gasteiger partial charge in [-0.25, -0.2) is 4.98 Å². The summed E-state index contributed by atoms with van der Waals surface area (Å²) in [7, 11) is 0. The molecule has 2 rings (SSSR count). The maximum absolute atomic E-state index is 11.1. The van der Waals surface area contributed by atoms with Gasteiger partial charge in [0.2, 0.25) is 0 Å². The predicted molar refractivity (Wildman–Crippen MR) is 85.9 cm³/mol. The average Bonchev–Trinajstić information content (AvgIpc) is 2.74. The van der Waals surface area contributed by atoms with Crippen molar-refractivity contribution < 1.29 is 9.90 Å². The zero-order valence-electron chi connectivity index (χ0n) is 13.5. The van der Waals surface area contributed by atoms with Gasteiger partial charge in [0.25, 0.3) is 0 Å². The first kappa shape index (κ1) is 16.4. The molecule has 0 aromatic carbocycles. The van der Waals surface area contributed by atoms with Crippen molar-refractivity contribution in [2.75, 3.05) is 6.54 Å². The van der Waals surface area contributed by atoms with E-state index in [0.717, 1.165) is 28.7 Å². The van der Waals surface area contributed by atoms with Crippen LogP contribution in [-0.4, -0.2) is 33.5 Å². The van der Waals surface area contributed by atoms with Crippen molar-refractivity contribution >= 4 is 17.3 Å². The van der Waals surface area contributed by atoms with Crippen molar-refractivity contribution in [2.24, 2.45) is 0 Å². The molecule has 1 aromatic heterocycles. The largest absolute Gasteiger partial charge is 0.481 e. The van der Waals surface area contributed by atoms with E-state index in [-0.39, 0.29) is 11.8 Å². The van der Waals surface area contributed by atoms with Crippen LogP contribution in [0.3, 0.4) is 0 Å². The lowest BCUT2D eigenvalue weighted by Crippen LogP contribution is -2.36. The minimum Gasteiger partial charge on any atom is -0.481 e. The monoisotopic (exact) mass is 310 g/mol. The molecule has 1 atom stereocenters. The van der Waals surface area contributed by atoms with Gasteiger partial charge in [0.05, 0.1) is 18.7 Å². The highest BCUT2D eigenvalue weighted by Crippen LogP contribution is 2.31. The van der Waals surface area contributed by atoms with E-state index in [2.05, 4.69) is 32.6 Å². The van der Waals surface area contributed by atoms with E-state index in [9.17, 15) is 4.79 Å². The molecule has 1 aromatic rings. The summed E-state index contributed by atoms with van der Waals surface area (Å²) in [4.78, 5) is 19.2. The van der Waals surface area contributed by atoms with E-state index in [4.69, 9.17) is 10.1 Å². The number of piperidine rings is 1. The van der Waals surface area contributed by atoms with E-state index in [1.807, 2.05) is 0 Å². The van der Waals surface area contributed by atoms with Gasteiger partial charge in [-0.05, 0) is 26.3 Å². The van der Waals surface area contributed by atoms with Crippen LogP contribution in [-0.2, 0) is 23.2 Å². The molecule has 1 N–H and O–H groups in total. The van der Waals surface area contributed by atoms with Gasteiger partial charge in [-0.1, -0.05) is 27.2 Å². The van der Waals surface area contributed by atoms with Crippen molar-refractivity contribution in [2.45, 2.75) is 71.4 Å². The lowest BCUT2D eigenvalue weighted by atomic mass is 9.91. The molecular formula is C16H26N2O2S. The number of aliphatic carboxylic acids is 1. The third kappa shape index (κ3) is 4.27. The minimum atomic E-state index is -0.776. The van der Waals surface area contributed by atoms with Crippen LogP contribution in [0.1, 0.15) is 62.5 Å². The summed E-state index contributed by atoms with van der Waals surface area (Å²) in [6, 6.07) is 0.601. The summed E-state index contributed by atoms with van der Waals surface area (Å²) in [5.41, 5.74) is 0.849.